The first-order chi connectivity index (χ1) is 10.7. The third-order valence-electron chi connectivity index (χ3n) is 3.81. The molecule has 2 aromatic rings. The topological polar surface area (TPSA) is 70.1 Å². The van der Waals surface area contributed by atoms with Crippen molar-refractivity contribution in [2.45, 2.75) is 12.8 Å². The van der Waals surface area contributed by atoms with Crippen molar-refractivity contribution in [2.24, 2.45) is 5.92 Å². The zero-order valence-corrected chi connectivity index (χ0v) is 12.6. The lowest BCUT2D eigenvalue weighted by Gasteiger charge is -2.06. The summed E-state index contributed by atoms with van der Waals surface area (Å²) in [5.74, 6) is 0.378. The Morgan fingerprint density at radius 2 is 2.36 bits per heavy atom. The van der Waals surface area contributed by atoms with E-state index in [1.807, 2.05) is 12.1 Å². The van der Waals surface area contributed by atoms with E-state index < -0.39 is 0 Å². The largest absolute Gasteiger partial charge is 0.352 e. The predicted molar refractivity (Wildman–Crippen MR) is 81.2 cm³/mol. The molecule has 0 saturated carbocycles. The number of carbonyl (C=O) groups is 1. The molecular formula is C16H14ClN3O2. The molecule has 0 aliphatic carbocycles. The first kappa shape index (κ1) is 14.6. The first-order valence-electron chi connectivity index (χ1n) is 7.06. The maximum atomic E-state index is 12.2. The van der Waals surface area contributed by atoms with Crippen molar-refractivity contribution in [1.82, 2.24) is 10.1 Å². The number of halogens is 1. The summed E-state index contributed by atoms with van der Waals surface area (Å²) in [6.45, 7) is 1.36. The van der Waals surface area contributed by atoms with Gasteiger partial charge in [0.1, 0.15) is 5.69 Å². The summed E-state index contributed by atoms with van der Waals surface area (Å²) >= 11 is 5.95. The van der Waals surface area contributed by atoms with Gasteiger partial charge in [-0.2, -0.15) is 5.26 Å². The number of hydrogen-bond acceptors (Lipinski definition) is 5. The highest BCUT2D eigenvalue weighted by atomic mass is 35.5. The van der Waals surface area contributed by atoms with Gasteiger partial charge in [-0.3, -0.25) is 4.79 Å². The molecule has 112 valence electrons. The van der Waals surface area contributed by atoms with Gasteiger partial charge >= 0.3 is 0 Å². The number of Topliss-reactive ketones (excluding diaryl/α,β-unsaturated/α-hetero) is 1. The third kappa shape index (κ3) is 3.12. The number of carbonyl (C=O) groups excluding carboxylic acids is 1. The molecule has 0 bridgehead atoms. The van der Waals surface area contributed by atoms with Crippen LogP contribution in [0.5, 0.6) is 0 Å². The van der Waals surface area contributed by atoms with E-state index >= 15 is 0 Å². The minimum Gasteiger partial charge on any atom is -0.352 e. The molecule has 1 unspecified atom stereocenters. The lowest BCUT2D eigenvalue weighted by Crippen LogP contribution is -2.15. The highest BCUT2D eigenvalue weighted by Gasteiger charge is 2.26. The van der Waals surface area contributed by atoms with Gasteiger partial charge in [0.15, 0.2) is 6.19 Å². The van der Waals surface area contributed by atoms with Crippen LogP contribution < -0.4 is 0 Å². The van der Waals surface area contributed by atoms with E-state index in [1.54, 1.807) is 23.1 Å². The Labute approximate surface area is 133 Å². The van der Waals surface area contributed by atoms with Gasteiger partial charge in [0, 0.05) is 36.2 Å². The van der Waals surface area contributed by atoms with Crippen LogP contribution in [0.3, 0.4) is 0 Å². The molecule has 0 amide bonds. The van der Waals surface area contributed by atoms with Crippen LogP contribution in [0.1, 0.15) is 23.4 Å². The van der Waals surface area contributed by atoms with E-state index in [2.05, 4.69) is 11.3 Å². The number of rotatable bonds is 4. The second kappa shape index (κ2) is 6.20. The van der Waals surface area contributed by atoms with Crippen molar-refractivity contribution in [3.8, 4) is 17.5 Å². The van der Waals surface area contributed by atoms with Crippen LogP contribution in [0.15, 0.2) is 34.9 Å². The quantitative estimate of drug-likeness (QED) is 0.639. The van der Waals surface area contributed by atoms with E-state index in [0.29, 0.717) is 23.7 Å². The molecule has 1 aliphatic heterocycles. The second-order valence-corrected chi connectivity index (χ2v) is 5.85. The van der Waals surface area contributed by atoms with Crippen LogP contribution >= 0.6 is 11.6 Å². The maximum absolute atomic E-state index is 12.2. The standard InChI is InChI=1S/C16H14ClN3O2/c17-13-3-1-2-12(7-13)14-8-16(22-19-14)15(21)6-11-4-5-20(9-11)10-18/h1-3,7-8,11H,4-6,9H2. The smallest absolute Gasteiger partial charge is 0.203 e. The summed E-state index contributed by atoms with van der Waals surface area (Å²) < 4.78 is 5.16. The van der Waals surface area contributed by atoms with Crippen LogP contribution in [-0.2, 0) is 0 Å². The first-order valence-corrected chi connectivity index (χ1v) is 7.44. The molecule has 0 radical (unpaired) electrons. The average molecular weight is 316 g/mol. The lowest BCUT2D eigenvalue weighted by molar-refractivity contribution is 0.0927. The summed E-state index contributed by atoms with van der Waals surface area (Å²) in [6, 6.07) is 8.88. The van der Waals surface area contributed by atoms with Crippen molar-refractivity contribution in [1.29, 1.82) is 5.26 Å². The normalized spacial score (nSPS) is 17.5. The van der Waals surface area contributed by atoms with E-state index in [-0.39, 0.29) is 17.5 Å². The van der Waals surface area contributed by atoms with Crippen molar-refractivity contribution in [2.75, 3.05) is 13.1 Å². The third-order valence-corrected chi connectivity index (χ3v) is 4.04. The fourth-order valence-electron chi connectivity index (χ4n) is 2.64. The SMILES string of the molecule is N#CN1CCC(CC(=O)c2cc(-c3cccc(Cl)c3)no2)C1. The Morgan fingerprint density at radius 1 is 1.50 bits per heavy atom. The monoisotopic (exact) mass is 315 g/mol. The van der Waals surface area contributed by atoms with Crippen LogP contribution in [0.2, 0.25) is 5.02 Å². The minimum absolute atomic E-state index is 0.0782. The van der Waals surface area contributed by atoms with Crippen molar-refractivity contribution >= 4 is 17.4 Å². The molecule has 22 heavy (non-hydrogen) atoms. The Kier molecular flexibility index (Phi) is 4.12. The Hall–Kier alpha value is -2.32. The summed E-state index contributed by atoms with van der Waals surface area (Å²) in [5.41, 5.74) is 1.41. The fourth-order valence-corrected chi connectivity index (χ4v) is 2.83. The molecule has 1 aromatic heterocycles. The molecule has 5 nitrogen and oxygen atoms in total. The van der Waals surface area contributed by atoms with Crippen LogP contribution in [-0.4, -0.2) is 28.9 Å². The summed E-state index contributed by atoms with van der Waals surface area (Å²) in [4.78, 5) is 13.9. The number of nitrogens with zero attached hydrogens (tertiary/aromatic N) is 3. The molecule has 1 aliphatic rings. The van der Waals surface area contributed by atoms with Crippen molar-refractivity contribution < 1.29 is 9.32 Å². The van der Waals surface area contributed by atoms with Gasteiger partial charge < -0.3 is 9.42 Å². The van der Waals surface area contributed by atoms with Crippen LogP contribution in [0, 0.1) is 17.4 Å². The van der Waals surface area contributed by atoms with E-state index in [1.165, 1.54) is 0 Å². The average Bonchev–Trinajstić information content (AvgIpc) is 3.16. The number of likely N-dealkylation sites (tertiary alicyclic amines) is 1. The van der Waals surface area contributed by atoms with Gasteiger partial charge in [-0.25, -0.2) is 0 Å². The molecule has 1 atom stereocenters. The highest BCUT2D eigenvalue weighted by Crippen LogP contribution is 2.25. The van der Waals surface area contributed by atoms with Gasteiger partial charge in [0.25, 0.3) is 0 Å². The fraction of sp³-hybridized carbons (Fsp3) is 0.312. The summed E-state index contributed by atoms with van der Waals surface area (Å²) in [6.07, 6.45) is 3.34. The Bertz CT molecular complexity index is 735. The summed E-state index contributed by atoms with van der Waals surface area (Å²) in [7, 11) is 0. The lowest BCUT2D eigenvalue weighted by atomic mass is 10.0. The molecule has 6 heteroatoms. The van der Waals surface area contributed by atoms with Gasteiger partial charge in [-0.15, -0.1) is 0 Å². The molecule has 2 heterocycles. The van der Waals surface area contributed by atoms with Crippen LogP contribution in [0.25, 0.3) is 11.3 Å². The van der Waals surface area contributed by atoms with Gasteiger partial charge in [0.05, 0.1) is 0 Å². The van der Waals surface area contributed by atoms with Crippen molar-refractivity contribution in [3.05, 3.63) is 41.1 Å². The molecule has 1 fully saturated rings. The molecular weight excluding hydrogens is 302 g/mol. The molecule has 1 aromatic carbocycles. The highest BCUT2D eigenvalue weighted by molar-refractivity contribution is 6.30. The Morgan fingerprint density at radius 3 is 3.09 bits per heavy atom. The molecule has 1 saturated heterocycles. The molecule has 0 spiro atoms. The maximum Gasteiger partial charge on any atom is 0.203 e. The van der Waals surface area contributed by atoms with Gasteiger partial charge in [-0.1, -0.05) is 28.9 Å². The molecule has 3 rings (SSSR count). The van der Waals surface area contributed by atoms with Crippen LogP contribution in [0.4, 0.5) is 0 Å². The Balaban J connectivity index is 1.69. The molecule has 0 N–H and O–H groups in total. The number of benzene rings is 1. The van der Waals surface area contributed by atoms with Gasteiger partial charge in [-0.05, 0) is 24.5 Å². The van der Waals surface area contributed by atoms with Gasteiger partial charge in [0.2, 0.25) is 11.5 Å². The second-order valence-electron chi connectivity index (χ2n) is 5.41. The zero-order chi connectivity index (χ0) is 15.5. The number of hydrogen-bond donors (Lipinski definition) is 0. The number of nitriles is 1. The van der Waals surface area contributed by atoms with Crippen molar-refractivity contribution in [3.63, 3.8) is 0 Å². The minimum atomic E-state index is -0.0782. The number of ketones is 1. The van der Waals surface area contributed by atoms with E-state index in [0.717, 1.165) is 18.5 Å². The predicted octanol–water partition coefficient (Wildman–Crippen LogP) is 3.37. The zero-order valence-electron chi connectivity index (χ0n) is 11.8. The number of aromatic nitrogens is 1. The van der Waals surface area contributed by atoms with E-state index in [4.69, 9.17) is 21.4 Å². The van der Waals surface area contributed by atoms with E-state index in [9.17, 15) is 4.79 Å². The summed E-state index contributed by atoms with van der Waals surface area (Å²) in [5, 5.41) is 13.4.